The SMILES string of the molecule is NNc1ccc(CC2COC(=O)N2)cc1. The number of anilines is 1. The number of hydrogen-bond acceptors (Lipinski definition) is 4. The maximum Gasteiger partial charge on any atom is 0.407 e. The van der Waals surface area contributed by atoms with E-state index in [-0.39, 0.29) is 12.1 Å². The monoisotopic (exact) mass is 207 g/mol. The van der Waals surface area contributed by atoms with Gasteiger partial charge in [-0.25, -0.2) is 4.79 Å². The molecule has 1 unspecified atom stereocenters. The van der Waals surface area contributed by atoms with E-state index in [0.29, 0.717) is 6.61 Å². The lowest BCUT2D eigenvalue weighted by molar-refractivity contribution is 0.177. The van der Waals surface area contributed by atoms with Crippen molar-refractivity contribution in [2.45, 2.75) is 12.5 Å². The summed E-state index contributed by atoms with van der Waals surface area (Å²) in [6.45, 7) is 0.440. The van der Waals surface area contributed by atoms with Gasteiger partial charge in [-0.1, -0.05) is 12.1 Å². The van der Waals surface area contributed by atoms with Crippen LogP contribution in [0.1, 0.15) is 5.56 Å². The van der Waals surface area contributed by atoms with Crippen molar-refractivity contribution in [3.05, 3.63) is 29.8 Å². The Labute approximate surface area is 87.6 Å². The number of hydrogen-bond donors (Lipinski definition) is 3. The van der Waals surface area contributed by atoms with Crippen molar-refractivity contribution in [2.24, 2.45) is 5.84 Å². The van der Waals surface area contributed by atoms with Gasteiger partial charge in [-0.05, 0) is 24.1 Å². The minimum atomic E-state index is -0.333. The van der Waals surface area contributed by atoms with Gasteiger partial charge in [-0.3, -0.25) is 5.84 Å². The standard InChI is InChI=1S/C10H13N3O2/c11-13-8-3-1-7(2-4-8)5-9-6-15-10(14)12-9/h1-4,9,13H,5-6,11H2,(H,12,14). The van der Waals surface area contributed by atoms with E-state index >= 15 is 0 Å². The first-order chi connectivity index (χ1) is 7.28. The minimum absolute atomic E-state index is 0.0779. The lowest BCUT2D eigenvalue weighted by Crippen LogP contribution is -2.28. The molecule has 0 aromatic heterocycles. The molecule has 0 radical (unpaired) electrons. The second-order valence-electron chi connectivity index (χ2n) is 3.49. The van der Waals surface area contributed by atoms with Crippen LogP contribution < -0.4 is 16.6 Å². The minimum Gasteiger partial charge on any atom is -0.447 e. The van der Waals surface area contributed by atoms with Crippen LogP contribution in [-0.4, -0.2) is 18.7 Å². The van der Waals surface area contributed by atoms with Crippen molar-refractivity contribution >= 4 is 11.8 Å². The fraction of sp³-hybridized carbons (Fsp3) is 0.300. The fourth-order valence-electron chi connectivity index (χ4n) is 1.56. The number of cyclic esters (lactones) is 1. The van der Waals surface area contributed by atoms with E-state index in [1.54, 1.807) is 0 Å². The summed E-state index contributed by atoms with van der Waals surface area (Å²) in [4.78, 5) is 10.8. The average molecular weight is 207 g/mol. The second-order valence-corrected chi connectivity index (χ2v) is 3.49. The number of carbonyl (C=O) groups excluding carboxylic acids is 1. The molecular formula is C10H13N3O2. The third kappa shape index (κ3) is 2.38. The number of ether oxygens (including phenoxy) is 1. The molecule has 5 heteroatoms. The predicted molar refractivity (Wildman–Crippen MR) is 56.2 cm³/mol. The Morgan fingerprint density at radius 2 is 2.20 bits per heavy atom. The Morgan fingerprint density at radius 1 is 1.47 bits per heavy atom. The summed E-state index contributed by atoms with van der Waals surface area (Å²) in [6.07, 6.45) is 0.441. The van der Waals surface area contributed by atoms with Crippen LogP contribution in [0.15, 0.2) is 24.3 Å². The topological polar surface area (TPSA) is 76.4 Å². The van der Waals surface area contributed by atoms with E-state index in [2.05, 4.69) is 10.7 Å². The summed E-state index contributed by atoms with van der Waals surface area (Å²) in [6, 6.07) is 7.81. The van der Waals surface area contributed by atoms with Crippen LogP contribution in [0.25, 0.3) is 0 Å². The highest BCUT2D eigenvalue weighted by molar-refractivity contribution is 5.69. The molecule has 0 spiro atoms. The molecule has 1 atom stereocenters. The largest absolute Gasteiger partial charge is 0.447 e. The molecule has 0 saturated carbocycles. The van der Waals surface area contributed by atoms with Gasteiger partial charge in [0.05, 0.1) is 6.04 Å². The van der Waals surface area contributed by atoms with E-state index in [9.17, 15) is 4.79 Å². The van der Waals surface area contributed by atoms with Gasteiger partial charge in [-0.2, -0.15) is 0 Å². The van der Waals surface area contributed by atoms with Gasteiger partial charge in [0, 0.05) is 5.69 Å². The van der Waals surface area contributed by atoms with Crippen LogP contribution in [0, 0.1) is 0 Å². The molecule has 4 N–H and O–H groups in total. The molecule has 0 bridgehead atoms. The zero-order chi connectivity index (χ0) is 10.7. The molecule has 1 aromatic rings. The third-order valence-electron chi connectivity index (χ3n) is 2.34. The molecular weight excluding hydrogens is 194 g/mol. The van der Waals surface area contributed by atoms with Gasteiger partial charge in [0.15, 0.2) is 0 Å². The summed E-state index contributed by atoms with van der Waals surface area (Å²) in [5, 5.41) is 2.73. The molecule has 1 saturated heterocycles. The van der Waals surface area contributed by atoms with Crippen LogP contribution in [0.4, 0.5) is 10.5 Å². The van der Waals surface area contributed by atoms with Gasteiger partial charge in [0.25, 0.3) is 0 Å². The maximum absolute atomic E-state index is 10.8. The number of amides is 1. The molecule has 1 aliphatic heterocycles. The first-order valence-electron chi connectivity index (χ1n) is 4.77. The highest BCUT2D eigenvalue weighted by Gasteiger charge is 2.21. The van der Waals surface area contributed by atoms with Crippen LogP contribution >= 0.6 is 0 Å². The number of alkyl carbamates (subject to hydrolysis) is 1. The Hall–Kier alpha value is -1.75. The Morgan fingerprint density at radius 3 is 2.73 bits per heavy atom. The summed E-state index contributed by atoms with van der Waals surface area (Å²) in [5.41, 5.74) is 4.57. The van der Waals surface area contributed by atoms with Crippen LogP contribution in [0.2, 0.25) is 0 Å². The van der Waals surface area contributed by atoms with Crippen molar-refractivity contribution in [1.29, 1.82) is 0 Å². The van der Waals surface area contributed by atoms with Gasteiger partial charge in [0.2, 0.25) is 0 Å². The normalized spacial score (nSPS) is 19.5. The number of nitrogens with two attached hydrogens (primary N) is 1. The molecule has 80 valence electrons. The first-order valence-corrected chi connectivity index (χ1v) is 4.77. The summed E-state index contributed by atoms with van der Waals surface area (Å²) >= 11 is 0. The van der Waals surface area contributed by atoms with E-state index in [1.165, 1.54) is 0 Å². The zero-order valence-corrected chi connectivity index (χ0v) is 8.19. The Kier molecular flexibility index (Phi) is 2.73. The smallest absolute Gasteiger partial charge is 0.407 e. The Balaban J connectivity index is 1.96. The summed E-state index contributed by atoms with van der Waals surface area (Å²) in [5.74, 6) is 5.25. The molecule has 15 heavy (non-hydrogen) atoms. The maximum atomic E-state index is 10.8. The lowest BCUT2D eigenvalue weighted by atomic mass is 10.1. The fourth-order valence-corrected chi connectivity index (χ4v) is 1.56. The number of nitrogens with one attached hydrogen (secondary N) is 2. The number of nitrogen functional groups attached to an aromatic ring is 1. The van der Waals surface area contributed by atoms with Crippen LogP contribution in [0.3, 0.4) is 0 Å². The molecule has 1 heterocycles. The van der Waals surface area contributed by atoms with Crippen molar-refractivity contribution in [3.63, 3.8) is 0 Å². The van der Waals surface area contributed by atoms with E-state index in [1.807, 2.05) is 24.3 Å². The zero-order valence-electron chi connectivity index (χ0n) is 8.19. The molecule has 1 aromatic carbocycles. The van der Waals surface area contributed by atoms with Crippen LogP contribution in [-0.2, 0) is 11.2 Å². The van der Waals surface area contributed by atoms with Gasteiger partial charge in [-0.15, -0.1) is 0 Å². The summed E-state index contributed by atoms with van der Waals surface area (Å²) < 4.78 is 4.80. The van der Waals surface area contributed by atoms with Gasteiger partial charge < -0.3 is 15.5 Å². The highest BCUT2D eigenvalue weighted by atomic mass is 16.6. The van der Waals surface area contributed by atoms with E-state index in [0.717, 1.165) is 17.7 Å². The Bertz CT molecular complexity index is 350. The van der Waals surface area contributed by atoms with E-state index in [4.69, 9.17) is 10.6 Å². The average Bonchev–Trinajstić information content (AvgIpc) is 2.65. The number of benzene rings is 1. The van der Waals surface area contributed by atoms with Crippen LogP contribution in [0.5, 0.6) is 0 Å². The van der Waals surface area contributed by atoms with Crippen molar-refractivity contribution in [3.8, 4) is 0 Å². The number of hydrazine groups is 1. The predicted octanol–water partition coefficient (Wildman–Crippen LogP) is 0.623. The van der Waals surface area contributed by atoms with Gasteiger partial charge in [0.1, 0.15) is 6.61 Å². The van der Waals surface area contributed by atoms with Crippen molar-refractivity contribution < 1.29 is 9.53 Å². The van der Waals surface area contributed by atoms with Gasteiger partial charge >= 0.3 is 6.09 Å². The molecule has 1 aliphatic rings. The molecule has 1 amide bonds. The molecule has 1 fully saturated rings. The molecule has 0 aliphatic carbocycles. The second kappa shape index (κ2) is 4.18. The third-order valence-corrected chi connectivity index (χ3v) is 2.34. The molecule has 2 rings (SSSR count). The number of rotatable bonds is 3. The lowest BCUT2D eigenvalue weighted by Gasteiger charge is -2.07. The molecule has 5 nitrogen and oxygen atoms in total. The van der Waals surface area contributed by atoms with Crippen molar-refractivity contribution in [1.82, 2.24) is 5.32 Å². The highest BCUT2D eigenvalue weighted by Crippen LogP contribution is 2.11. The van der Waals surface area contributed by atoms with E-state index < -0.39 is 0 Å². The number of carbonyl (C=O) groups is 1. The summed E-state index contributed by atoms with van der Waals surface area (Å²) in [7, 11) is 0. The first kappa shape index (κ1) is 9.79. The quantitative estimate of drug-likeness (QED) is 0.501. The van der Waals surface area contributed by atoms with Crippen molar-refractivity contribution in [2.75, 3.05) is 12.0 Å².